The minimum Gasteiger partial charge on any atom is -0.493 e. The van der Waals surface area contributed by atoms with E-state index in [1.54, 1.807) is 24.3 Å². The number of rotatable bonds is 3. The molecule has 1 aromatic heterocycles. The van der Waals surface area contributed by atoms with Gasteiger partial charge in [-0.3, -0.25) is 4.79 Å². The third kappa shape index (κ3) is 1.89. The summed E-state index contributed by atoms with van der Waals surface area (Å²) in [6.07, 6.45) is 0. The lowest BCUT2D eigenvalue weighted by molar-refractivity contribution is 0.326. The molecule has 1 heterocycles. The Balaban J connectivity index is 2.57. The van der Waals surface area contributed by atoms with Gasteiger partial charge in [0.2, 0.25) is 11.2 Å². The molecule has 0 unspecified atom stereocenters. The Kier molecular flexibility index (Phi) is 3.17. The van der Waals surface area contributed by atoms with Crippen molar-refractivity contribution >= 4 is 21.9 Å². The summed E-state index contributed by atoms with van der Waals surface area (Å²) in [7, 11) is 4.49. The molecule has 0 fully saturated rings. The second-order valence-corrected chi connectivity index (χ2v) is 4.45. The molecule has 0 spiro atoms. The minimum absolute atomic E-state index is 0.162. The lowest BCUT2D eigenvalue weighted by Crippen LogP contribution is -2.06. The van der Waals surface area contributed by atoms with E-state index >= 15 is 0 Å². The third-order valence-corrected chi connectivity index (χ3v) is 3.37. The first-order valence-electron chi connectivity index (χ1n) is 6.35. The van der Waals surface area contributed by atoms with Gasteiger partial charge >= 0.3 is 0 Å². The molecule has 0 aliphatic rings. The molecular weight excluding hydrogens is 272 g/mol. The molecule has 0 aliphatic heterocycles. The van der Waals surface area contributed by atoms with E-state index in [0.29, 0.717) is 39.2 Å². The average Bonchev–Trinajstić information content (AvgIpc) is 2.53. The highest BCUT2D eigenvalue weighted by Crippen LogP contribution is 2.42. The average molecular weight is 286 g/mol. The van der Waals surface area contributed by atoms with Crippen LogP contribution in [0.25, 0.3) is 21.9 Å². The molecule has 0 saturated carbocycles. The van der Waals surface area contributed by atoms with Crippen molar-refractivity contribution in [2.24, 2.45) is 0 Å². The first kappa shape index (κ1) is 13.3. The highest BCUT2D eigenvalue weighted by Gasteiger charge is 2.20. The van der Waals surface area contributed by atoms with E-state index < -0.39 is 0 Å². The molecular formula is C16H14O5. The first-order valence-corrected chi connectivity index (χ1v) is 6.35. The fourth-order valence-electron chi connectivity index (χ4n) is 2.43. The second-order valence-electron chi connectivity index (χ2n) is 4.45. The summed E-state index contributed by atoms with van der Waals surface area (Å²) >= 11 is 0. The van der Waals surface area contributed by atoms with Crippen LogP contribution in [0.3, 0.4) is 0 Å². The predicted octanol–water partition coefficient (Wildman–Crippen LogP) is 2.97. The van der Waals surface area contributed by atoms with Crippen molar-refractivity contribution in [2.45, 2.75) is 0 Å². The highest BCUT2D eigenvalue weighted by molar-refractivity contribution is 5.96. The topological polar surface area (TPSA) is 57.9 Å². The smallest absolute Gasteiger partial charge is 0.204 e. The molecule has 0 N–H and O–H groups in total. The number of para-hydroxylation sites is 1. The molecule has 0 amide bonds. The van der Waals surface area contributed by atoms with E-state index in [1.165, 1.54) is 21.3 Å². The van der Waals surface area contributed by atoms with Crippen LogP contribution >= 0.6 is 0 Å². The molecule has 0 atom stereocenters. The van der Waals surface area contributed by atoms with Crippen molar-refractivity contribution < 1.29 is 18.6 Å². The van der Waals surface area contributed by atoms with E-state index in [0.717, 1.165) is 0 Å². The van der Waals surface area contributed by atoms with E-state index in [9.17, 15) is 4.79 Å². The van der Waals surface area contributed by atoms with Crippen molar-refractivity contribution in [3.8, 4) is 17.2 Å². The monoisotopic (exact) mass is 286 g/mol. The number of benzene rings is 2. The van der Waals surface area contributed by atoms with Crippen LogP contribution in [-0.2, 0) is 0 Å². The summed E-state index contributed by atoms with van der Waals surface area (Å²) < 4.78 is 21.7. The maximum atomic E-state index is 12.7. The van der Waals surface area contributed by atoms with Crippen LogP contribution in [0.15, 0.2) is 39.5 Å². The Labute approximate surface area is 120 Å². The quantitative estimate of drug-likeness (QED) is 0.693. The SMILES string of the molecule is COc1cc2oc3ccccc3c(=O)c2c(OC)c1OC. The van der Waals surface area contributed by atoms with Gasteiger partial charge in [-0.05, 0) is 12.1 Å². The van der Waals surface area contributed by atoms with Gasteiger partial charge in [0.25, 0.3) is 0 Å². The van der Waals surface area contributed by atoms with Gasteiger partial charge in [-0.25, -0.2) is 0 Å². The Morgan fingerprint density at radius 1 is 0.905 bits per heavy atom. The third-order valence-electron chi connectivity index (χ3n) is 3.37. The van der Waals surface area contributed by atoms with Gasteiger partial charge in [0.1, 0.15) is 16.6 Å². The largest absolute Gasteiger partial charge is 0.493 e. The molecule has 0 bridgehead atoms. The Morgan fingerprint density at radius 2 is 1.62 bits per heavy atom. The van der Waals surface area contributed by atoms with E-state index in [2.05, 4.69) is 0 Å². The van der Waals surface area contributed by atoms with Gasteiger partial charge in [-0.15, -0.1) is 0 Å². The van der Waals surface area contributed by atoms with Gasteiger partial charge in [-0.1, -0.05) is 12.1 Å². The molecule has 3 rings (SSSR count). The van der Waals surface area contributed by atoms with Crippen LogP contribution < -0.4 is 19.6 Å². The highest BCUT2D eigenvalue weighted by atomic mass is 16.5. The number of ether oxygens (including phenoxy) is 3. The second kappa shape index (κ2) is 5.01. The molecule has 0 aliphatic carbocycles. The molecule has 5 heteroatoms. The van der Waals surface area contributed by atoms with Crippen molar-refractivity contribution in [3.63, 3.8) is 0 Å². The normalized spacial score (nSPS) is 10.8. The van der Waals surface area contributed by atoms with E-state index in [4.69, 9.17) is 18.6 Å². The Morgan fingerprint density at radius 3 is 2.29 bits per heavy atom. The summed E-state index contributed by atoms with van der Waals surface area (Å²) in [6.45, 7) is 0. The van der Waals surface area contributed by atoms with Gasteiger partial charge in [-0.2, -0.15) is 0 Å². The van der Waals surface area contributed by atoms with Crippen LogP contribution in [-0.4, -0.2) is 21.3 Å². The summed E-state index contributed by atoms with van der Waals surface area (Å²) in [5.41, 5.74) is 0.752. The van der Waals surface area contributed by atoms with E-state index in [1.807, 2.05) is 6.07 Å². The summed E-state index contributed by atoms with van der Waals surface area (Å²) in [5.74, 6) is 1.13. The number of hydrogen-bond donors (Lipinski definition) is 0. The summed E-state index contributed by atoms with van der Waals surface area (Å²) in [4.78, 5) is 12.7. The van der Waals surface area contributed by atoms with Gasteiger partial charge in [0, 0.05) is 6.07 Å². The predicted molar refractivity (Wildman–Crippen MR) is 79.6 cm³/mol. The fourth-order valence-corrected chi connectivity index (χ4v) is 2.43. The summed E-state index contributed by atoms with van der Waals surface area (Å²) in [5, 5.41) is 0.837. The van der Waals surface area contributed by atoms with Crippen LogP contribution in [0.2, 0.25) is 0 Å². The molecule has 5 nitrogen and oxygen atoms in total. The number of hydrogen-bond acceptors (Lipinski definition) is 5. The molecule has 108 valence electrons. The Bertz CT molecular complexity index is 879. The van der Waals surface area contributed by atoms with Gasteiger partial charge < -0.3 is 18.6 Å². The van der Waals surface area contributed by atoms with Gasteiger partial charge in [0.15, 0.2) is 11.5 Å². The molecule has 2 aromatic carbocycles. The van der Waals surface area contributed by atoms with Crippen molar-refractivity contribution in [2.75, 3.05) is 21.3 Å². The summed E-state index contributed by atoms with van der Waals surface area (Å²) in [6, 6.07) is 8.70. The van der Waals surface area contributed by atoms with Crippen LogP contribution in [0, 0.1) is 0 Å². The standard InChI is InChI=1S/C16H14O5/c1-18-12-8-11-13(16(20-3)15(12)19-2)14(17)9-6-4-5-7-10(9)21-11/h4-8H,1-3H3. The zero-order valence-electron chi connectivity index (χ0n) is 11.9. The minimum atomic E-state index is -0.162. The Hall–Kier alpha value is -2.69. The number of fused-ring (bicyclic) bond motifs is 2. The van der Waals surface area contributed by atoms with Crippen molar-refractivity contribution in [1.29, 1.82) is 0 Å². The zero-order chi connectivity index (χ0) is 15.0. The lowest BCUT2D eigenvalue weighted by atomic mass is 10.1. The lowest BCUT2D eigenvalue weighted by Gasteiger charge is -2.14. The van der Waals surface area contributed by atoms with Crippen LogP contribution in [0.5, 0.6) is 17.2 Å². The van der Waals surface area contributed by atoms with Crippen LogP contribution in [0.4, 0.5) is 0 Å². The fraction of sp³-hybridized carbons (Fsp3) is 0.188. The first-order chi connectivity index (χ1) is 10.2. The molecule has 0 radical (unpaired) electrons. The maximum Gasteiger partial charge on any atom is 0.204 e. The van der Waals surface area contributed by atoms with Crippen molar-refractivity contribution in [3.05, 3.63) is 40.6 Å². The maximum absolute atomic E-state index is 12.7. The number of methoxy groups -OCH3 is 3. The van der Waals surface area contributed by atoms with Crippen molar-refractivity contribution in [1.82, 2.24) is 0 Å². The zero-order valence-corrected chi connectivity index (χ0v) is 11.9. The van der Waals surface area contributed by atoms with Gasteiger partial charge in [0.05, 0.1) is 26.7 Å². The van der Waals surface area contributed by atoms with Crippen LogP contribution in [0.1, 0.15) is 0 Å². The molecule has 0 saturated heterocycles. The molecule has 3 aromatic rings. The van der Waals surface area contributed by atoms with E-state index in [-0.39, 0.29) is 5.43 Å². The molecule has 21 heavy (non-hydrogen) atoms.